The van der Waals surface area contributed by atoms with E-state index < -0.39 is 11.8 Å². The summed E-state index contributed by atoms with van der Waals surface area (Å²) in [5.74, 6) is -0.461. The van der Waals surface area contributed by atoms with Gasteiger partial charge in [0.1, 0.15) is 5.82 Å². The lowest BCUT2D eigenvalue weighted by atomic mass is 9.97. The fraction of sp³-hybridized carbons (Fsp3) is 0.300. The summed E-state index contributed by atoms with van der Waals surface area (Å²) >= 11 is 0. The molecule has 0 aliphatic carbocycles. The first-order valence-corrected chi connectivity index (χ1v) is 8.90. The maximum atomic E-state index is 13.7. The van der Waals surface area contributed by atoms with E-state index in [1.807, 2.05) is 19.1 Å². The lowest BCUT2D eigenvalue weighted by Crippen LogP contribution is -2.38. The first-order valence-electron chi connectivity index (χ1n) is 8.90. The summed E-state index contributed by atoms with van der Waals surface area (Å²) in [5.41, 5.74) is 8.48. The van der Waals surface area contributed by atoms with Gasteiger partial charge in [-0.05, 0) is 42.7 Å². The first kappa shape index (κ1) is 21.7. The Bertz CT molecular complexity index is 860. The Morgan fingerprint density at radius 3 is 2.54 bits per heavy atom. The Balaban J connectivity index is 0.00000280. The van der Waals surface area contributed by atoms with Gasteiger partial charge in [-0.2, -0.15) is 0 Å². The molecule has 3 amide bonds. The number of urea groups is 1. The standard InChI is InChI=1S/C20H23FN4O2.ClH/c1-13(22)11-19(26)25-10-9-15-14(12-25)5-4-8-17(15)23-20(27)24-18-7-3-2-6-16(18)21;/h2-8,13H,9-12,22H2,1H3,(H2,23,24,27);1H. The number of anilines is 2. The Hall–Kier alpha value is -2.64. The molecule has 0 radical (unpaired) electrons. The average molecular weight is 407 g/mol. The second kappa shape index (κ2) is 9.52. The minimum atomic E-state index is -0.510. The Labute approximate surface area is 169 Å². The molecule has 0 saturated heterocycles. The van der Waals surface area contributed by atoms with Crippen molar-refractivity contribution in [1.29, 1.82) is 0 Å². The number of hydrogen-bond acceptors (Lipinski definition) is 3. The van der Waals surface area contributed by atoms with Crippen LogP contribution in [0, 0.1) is 5.82 Å². The smallest absolute Gasteiger partial charge is 0.323 e. The van der Waals surface area contributed by atoms with Crippen LogP contribution >= 0.6 is 12.4 Å². The van der Waals surface area contributed by atoms with Crippen molar-refractivity contribution in [2.24, 2.45) is 5.73 Å². The number of nitrogens with zero attached hydrogens (tertiary/aromatic N) is 1. The zero-order valence-electron chi connectivity index (χ0n) is 15.6. The predicted octanol–water partition coefficient (Wildman–Crippen LogP) is 3.51. The van der Waals surface area contributed by atoms with Crippen LogP contribution in [0.5, 0.6) is 0 Å². The summed E-state index contributed by atoms with van der Waals surface area (Å²) in [6.45, 7) is 2.88. The lowest BCUT2D eigenvalue weighted by molar-refractivity contribution is -0.132. The highest BCUT2D eigenvalue weighted by Crippen LogP contribution is 2.27. The zero-order chi connectivity index (χ0) is 19.4. The summed E-state index contributed by atoms with van der Waals surface area (Å²) in [7, 11) is 0. The maximum Gasteiger partial charge on any atom is 0.323 e. The summed E-state index contributed by atoms with van der Waals surface area (Å²) in [6.07, 6.45) is 0.953. The highest BCUT2D eigenvalue weighted by molar-refractivity contribution is 6.00. The van der Waals surface area contributed by atoms with Gasteiger partial charge >= 0.3 is 6.03 Å². The Kier molecular flexibility index (Phi) is 7.37. The number of halogens is 2. The van der Waals surface area contributed by atoms with Crippen LogP contribution in [-0.2, 0) is 17.8 Å². The fourth-order valence-corrected chi connectivity index (χ4v) is 3.18. The highest BCUT2D eigenvalue weighted by Gasteiger charge is 2.23. The van der Waals surface area contributed by atoms with Crippen molar-refractivity contribution < 1.29 is 14.0 Å². The van der Waals surface area contributed by atoms with Crippen molar-refractivity contribution in [2.75, 3.05) is 17.2 Å². The summed E-state index contributed by atoms with van der Waals surface area (Å²) < 4.78 is 13.7. The number of nitrogens with two attached hydrogens (primary N) is 1. The normalized spacial score (nSPS) is 13.8. The molecule has 4 N–H and O–H groups in total. The van der Waals surface area contributed by atoms with Gasteiger partial charge < -0.3 is 21.3 Å². The molecule has 0 fully saturated rings. The summed E-state index contributed by atoms with van der Waals surface area (Å²) in [4.78, 5) is 26.3. The van der Waals surface area contributed by atoms with Gasteiger partial charge in [-0.15, -0.1) is 12.4 Å². The van der Waals surface area contributed by atoms with Gasteiger partial charge in [-0.1, -0.05) is 24.3 Å². The van der Waals surface area contributed by atoms with Crippen LogP contribution in [0.3, 0.4) is 0 Å². The van der Waals surface area contributed by atoms with E-state index in [-0.39, 0.29) is 30.0 Å². The van der Waals surface area contributed by atoms with E-state index in [1.165, 1.54) is 12.1 Å². The van der Waals surface area contributed by atoms with Crippen molar-refractivity contribution in [3.63, 3.8) is 0 Å². The lowest BCUT2D eigenvalue weighted by Gasteiger charge is -2.30. The fourth-order valence-electron chi connectivity index (χ4n) is 3.18. The maximum absolute atomic E-state index is 13.7. The molecule has 28 heavy (non-hydrogen) atoms. The van der Waals surface area contributed by atoms with E-state index in [2.05, 4.69) is 10.6 Å². The SMILES string of the molecule is CC(N)CC(=O)N1CCc2c(cccc2NC(=O)Nc2ccccc2F)C1.Cl. The molecule has 1 aliphatic rings. The molecule has 6 nitrogen and oxygen atoms in total. The van der Waals surface area contributed by atoms with Gasteiger partial charge in [0.25, 0.3) is 0 Å². The molecule has 0 bridgehead atoms. The van der Waals surface area contributed by atoms with Crippen molar-refractivity contribution in [1.82, 2.24) is 4.90 Å². The van der Waals surface area contributed by atoms with Crippen LogP contribution in [0.4, 0.5) is 20.6 Å². The molecule has 1 aliphatic heterocycles. The van der Waals surface area contributed by atoms with E-state index in [4.69, 9.17) is 5.73 Å². The largest absolute Gasteiger partial charge is 0.338 e. The van der Waals surface area contributed by atoms with Crippen molar-refractivity contribution >= 4 is 35.7 Å². The number of para-hydroxylation sites is 1. The zero-order valence-corrected chi connectivity index (χ0v) is 16.4. The molecule has 1 atom stereocenters. The number of amides is 3. The number of benzene rings is 2. The van der Waals surface area contributed by atoms with Crippen LogP contribution in [0.15, 0.2) is 42.5 Å². The van der Waals surface area contributed by atoms with E-state index in [0.717, 1.165) is 11.1 Å². The van der Waals surface area contributed by atoms with E-state index in [0.29, 0.717) is 31.6 Å². The molecule has 1 unspecified atom stereocenters. The molecule has 3 rings (SSSR count). The number of fused-ring (bicyclic) bond motifs is 1. The quantitative estimate of drug-likeness (QED) is 0.726. The van der Waals surface area contributed by atoms with Crippen molar-refractivity contribution in [2.45, 2.75) is 32.4 Å². The predicted molar refractivity (Wildman–Crippen MR) is 110 cm³/mol. The van der Waals surface area contributed by atoms with E-state index >= 15 is 0 Å². The average Bonchev–Trinajstić information content (AvgIpc) is 2.63. The highest BCUT2D eigenvalue weighted by atomic mass is 35.5. The molecule has 0 spiro atoms. The second-order valence-electron chi connectivity index (χ2n) is 6.75. The molecule has 1 heterocycles. The summed E-state index contributed by atoms with van der Waals surface area (Å²) in [6, 6.07) is 10.9. The molecule has 8 heteroatoms. The minimum Gasteiger partial charge on any atom is -0.338 e. The van der Waals surface area contributed by atoms with Crippen LogP contribution in [0.25, 0.3) is 0 Å². The molecule has 150 valence electrons. The first-order chi connectivity index (χ1) is 12.9. The van der Waals surface area contributed by atoms with Gasteiger partial charge in [-0.3, -0.25) is 4.79 Å². The van der Waals surface area contributed by atoms with E-state index in [9.17, 15) is 14.0 Å². The number of carbonyl (C=O) groups is 2. The molecule has 0 saturated carbocycles. The Morgan fingerprint density at radius 1 is 1.14 bits per heavy atom. The van der Waals surface area contributed by atoms with Crippen molar-refractivity contribution in [3.05, 3.63) is 59.4 Å². The third-order valence-electron chi connectivity index (χ3n) is 4.49. The van der Waals surface area contributed by atoms with Crippen LogP contribution < -0.4 is 16.4 Å². The molecular formula is C20H24ClFN4O2. The topological polar surface area (TPSA) is 87.5 Å². The number of rotatable bonds is 4. The van der Waals surface area contributed by atoms with Crippen LogP contribution in [0.1, 0.15) is 24.5 Å². The third kappa shape index (κ3) is 5.21. The third-order valence-corrected chi connectivity index (χ3v) is 4.49. The van der Waals surface area contributed by atoms with Crippen LogP contribution in [0.2, 0.25) is 0 Å². The number of hydrogen-bond donors (Lipinski definition) is 3. The minimum absolute atomic E-state index is 0. The number of carbonyl (C=O) groups excluding carboxylic acids is 2. The monoisotopic (exact) mass is 406 g/mol. The molecule has 2 aromatic carbocycles. The molecule has 0 aromatic heterocycles. The number of nitrogens with one attached hydrogen (secondary N) is 2. The van der Waals surface area contributed by atoms with Crippen LogP contribution in [-0.4, -0.2) is 29.4 Å². The van der Waals surface area contributed by atoms with Gasteiger partial charge in [0, 0.05) is 31.2 Å². The molecule has 2 aromatic rings. The second-order valence-corrected chi connectivity index (χ2v) is 6.75. The van der Waals surface area contributed by atoms with E-state index in [1.54, 1.807) is 23.1 Å². The molecular weight excluding hydrogens is 383 g/mol. The van der Waals surface area contributed by atoms with Gasteiger partial charge in [0.15, 0.2) is 0 Å². The Morgan fingerprint density at radius 2 is 1.82 bits per heavy atom. The van der Waals surface area contributed by atoms with Gasteiger partial charge in [0.2, 0.25) is 5.91 Å². The van der Waals surface area contributed by atoms with Crippen molar-refractivity contribution in [3.8, 4) is 0 Å². The van der Waals surface area contributed by atoms with Gasteiger partial charge in [-0.25, -0.2) is 9.18 Å². The van der Waals surface area contributed by atoms with Gasteiger partial charge in [0.05, 0.1) is 5.69 Å². The summed E-state index contributed by atoms with van der Waals surface area (Å²) in [5, 5.41) is 5.29.